The number of rotatable bonds is 5. The first-order valence-corrected chi connectivity index (χ1v) is 7.37. The zero-order chi connectivity index (χ0) is 16.2. The molecule has 0 aliphatic rings. The number of nitrogens with one attached hydrogen (secondary N) is 2. The minimum absolute atomic E-state index is 0.0281. The Morgan fingerprint density at radius 1 is 1.43 bits per heavy atom. The first-order valence-electron chi connectivity index (χ1n) is 6.58. The number of halogens is 1. The van der Waals surface area contributed by atoms with E-state index in [1.165, 1.54) is 6.07 Å². The highest BCUT2D eigenvalue weighted by molar-refractivity contribution is 9.10. The zero-order valence-corrected chi connectivity index (χ0v) is 14.2. The Kier molecular flexibility index (Phi) is 5.86. The van der Waals surface area contributed by atoms with Gasteiger partial charge in [-0.2, -0.15) is 0 Å². The molecule has 7 heteroatoms. The second-order valence-electron chi connectivity index (χ2n) is 5.87. The highest BCUT2D eigenvalue weighted by Gasteiger charge is 2.20. The van der Waals surface area contributed by atoms with Crippen LogP contribution in [0.2, 0.25) is 0 Å². The van der Waals surface area contributed by atoms with Gasteiger partial charge in [0.1, 0.15) is 0 Å². The molecule has 1 aromatic rings. The van der Waals surface area contributed by atoms with Crippen LogP contribution in [0.1, 0.15) is 33.3 Å². The van der Waals surface area contributed by atoms with Gasteiger partial charge < -0.3 is 10.6 Å². The molecule has 1 atom stereocenters. The Morgan fingerprint density at radius 3 is 2.57 bits per heavy atom. The van der Waals surface area contributed by atoms with Crippen LogP contribution in [-0.4, -0.2) is 22.4 Å². The minimum Gasteiger partial charge on any atom is -0.350 e. The van der Waals surface area contributed by atoms with Gasteiger partial charge in [-0.05, 0) is 39.8 Å². The molecule has 0 radical (unpaired) electrons. The molecule has 1 rings (SSSR count). The summed E-state index contributed by atoms with van der Waals surface area (Å²) in [5, 5.41) is 16.9. The van der Waals surface area contributed by atoms with Crippen molar-refractivity contribution in [2.45, 2.75) is 45.8 Å². The smallest absolute Gasteiger partial charge is 0.275 e. The van der Waals surface area contributed by atoms with E-state index in [2.05, 4.69) is 26.6 Å². The highest BCUT2D eigenvalue weighted by atomic mass is 79.9. The van der Waals surface area contributed by atoms with E-state index in [4.69, 9.17) is 0 Å². The second-order valence-corrected chi connectivity index (χ2v) is 6.79. The molecule has 0 bridgehead atoms. The maximum absolute atomic E-state index is 11.9. The lowest BCUT2D eigenvalue weighted by atomic mass is 10.1. The van der Waals surface area contributed by atoms with E-state index < -0.39 is 11.0 Å². The quantitative estimate of drug-likeness (QED) is 0.626. The Morgan fingerprint density at radius 2 is 2.05 bits per heavy atom. The van der Waals surface area contributed by atoms with Crippen molar-refractivity contribution in [2.24, 2.45) is 0 Å². The summed E-state index contributed by atoms with van der Waals surface area (Å²) >= 11 is 3.21. The van der Waals surface area contributed by atoms with Crippen LogP contribution in [0, 0.1) is 10.1 Å². The standard InChI is InChI=1S/C14H20BrN3O3/c1-9(13(19)17-14(2,3)4)16-8-10-5-6-11(15)7-12(10)18(20)21/h5-7,9,16H,8H2,1-4H3,(H,17,19). The molecule has 0 saturated carbocycles. The predicted molar refractivity (Wildman–Crippen MR) is 85.0 cm³/mol. The van der Waals surface area contributed by atoms with Gasteiger partial charge in [-0.15, -0.1) is 0 Å². The summed E-state index contributed by atoms with van der Waals surface area (Å²) in [6.45, 7) is 7.68. The van der Waals surface area contributed by atoms with Crippen molar-refractivity contribution >= 4 is 27.5 Å². The molecule has 0 saturated heterocycles. The van der Waals surface area contributed by atoms with Gasteiger partial charge in [0.05, 0.1) is 11.0 Å². The number of carbonyl (C=O) groups excluding carboxylic acids is 1. The number of amides is 1. The molecule has 0 aromatic heterocycles. The largest absolute Gasteiger partial charge is 0.350 e. The number of carbonyl (C=O) groups is 1. The van der Waals surface area contributed by atoms with Crippen molar-refractivity contribution in [1.29, 1.82) is 0 Å². The highest BCUT2D eigenvalue weighted by Crippen LogP contribution is 2.23. The van der Waals surface area contributed by atoms with Crippen LogP contribution in [0.25, 0.3) is 0 Å². The van der Waals surface area contributed by atoms with Gasteiger partial charge in [-0.25, -0.2) is 0 Å². The van der Waals surface area contributed by atoms with Crippen molar-refractivity contribution < 1.29 is 9.72 Å². The molecule has 21 heavy (non-hydrogen) atoms. The molecule has 0 spiro atoms. The van der Waals surface area contributed by atoms with Crippen LogP contribution in [0.4, 0.5) is 5.69 Å². The monoisotopic (exact) mass is 357 g/mol. The first kappa shape index (κ1) is 17.6. The molecule has 2 N–H and O–H groups in total. The van der Waals surface area contributed by atoms with E-state index >= 15 is 0 Å². The summed E-state index contributed by atoms with van der Waals surface area (Å²) in [5.41, 5.74) is 0.260. The molecule has 0 fully saturated rings. The summed E-state index contributed by atoms with van der Waals surface area (Å²) in [6, 6.07) is 4.43. The summed E-state index contributed by atoms with van der Waals surface area (Å²) in [6.07, 6.45) is 0. The van der Waals surface area contributed by atoms with E-state index in [9.17, 15) is 14.9 Å². The Bertz CT molecular complexity index is 541. The average molecular weight is 358 g/mol. The fourth-order valence-electron chi connectivity index (χ4n) is 1.69. The van der Waals surface area contributed by atoms with Crippen LogP contribution in [0.3, 0.4) is 0 Å². The lowest BCUT2D eigenvalue weighted by Crippen LogP contribution is -2.49. The molecule has 6 nitrogen and oxygen atoms in total. The number of nitro groups is 1. The number of hydrogen-bond acceptors (Lipinski definition) is 4. The van der Waals surface area contributed by atoms with E-state index in [1.54, 1.807) is 19.1 Å². The Labute approximate surface area is 132 Å². The van der Waals surface area contributed by atoms with E-state index in [1.807, 2.05) is 20.8 Å². The maximum Gasteiger partial charge on any atom is 0.275 e. The summed E-state index contributed by atoms with van der Waals surface area (Å²) in [7, 11) is 0. The SMILES string of the molecule is CC(NCc1ccc(Br)cc1[N+](=O)[O-])C(=O)NC(C)(C)C. The lowest BCUT2D eigenvalue weighted by Gasteiger charge is -2.23. The van der Waals surface area contributed by atoms with Crippen LogP contribution in [-0.2, 0) is 11.3 Å². The molecular formula is C14H20BrN3O3. The molecule has 0 aliphatic carbocycles. The van der Waals surface area contributed by atoms with Crippen LogP contribution >= 0.6 is 15.9 Å². The van der Waals surface area contributed by atoms with Gasteiger partial charge in [-0.3, -0.25) is 14.9 Å². The normalized spacial score (nSPS) is 12.8. The van der Waals surface area contributed by atoms with Crippen molar-refractivity contribution in [1.82, 2.24) is 10.6 Å². The number of nitrogens with zero attached hydrogens (tertiary/aromatic N) is 1. The molecular weight excluding hydrogens is 338 g/mol. The van der Waals surface area contributed by atoms with E-state index in [0.29, 0.717) is 10.0 Å². The van der Waals surface area contributed by atoms with Crippen molar-refractivity contribution in [3.63, 3.8) is 0 Å². The lowest BCUT2D eigenvalue weighted by molar-refractivity contribution is -0.385. The molecule has 1 unspecified atom stereocenters. The number of hydrogen-bond donors (Lipinski definition) is 2. The van der Waals surface area contributed by atoms with Gasteiger partial charge in [0, 0.05) is 28.2 Å². The molecule has 1 aromatic carbocycles. The number of nitro benzene ring substituents is 1. The topological polar surface area (TPSA) is 84.3 Å². The Balaban J connectivity index is 2.71. The maximum atomic E-state index is 11.9. The van der Waals surface area contributed by atoms with Gasteiger partial charge in [0.25, 0.3) is 5.69 Å². The van der Waals surface area contributed by atoms with Gasteiger partial charge >= 0.3 is 0 Å². The second kappa shape index (κ2) is 7.00. The van der Waals surface area contributed by atoms with Crippen LogP contribution in [0.15, 0.2) is 22.7 Å². The van der Waals surface area contributed by atoms with Crippen LogP contribution in [0.5, 0.6) is 0 Å². The fourth-order valence-corrected chi connectivity index (χ4v) is 2.04. The zero-order valence-electron chi connectivity index (χ0n) is 12.6. The third-order valence-electron chi connectivity index (χ3n) is 2.73. The summed E-state index contributed by atoms with van der Waals surface area (Å²) < 4.78 is 0.650. The molecule has 0 heterocycles. The fraction of sp³-hybridized carbons (Fsp3) is 0.500. The van der Waals surface area contributed by atoms with E-state index in [-0.39, 0.29) is 23.7 Å². The third-order valence-corrected chi connectivity index (χ3v) is 3.23. The van der Waals surface area contributed by atoms with Gasteiger partial charge in [-0.1, -0.05) is 15.9 Å². The molecule has 1 amide bonds. The third kappa shape index (κ3) is 5.81. The van der Waals surface area contributed by atoms with E-state index in [0.717, 1.165) is 0 Å². The predicted octanol–water partition coefficient (Wildman–Crippen LogP) is 2.75. The minimum atomic E-state index is -0.438. The number of benzene rings is 1. The summed E-state index contributed by atoms with van der Waals surface area (Å²) in [4.78, 5) is 22.5. The van der Waals surface area contributed by atoms with Crippen molar-refractivity contribution in [3.8, 4) is 0 Å². The van der Waals surface area contributed by atoms with Crippen LogP contribution < -0.4 is 10.6 Å². The molecule has 116 valence electrons. The first-order chi connectivity index (χ1) is 9.60. The Hall–Kier alpha value is -1.47. The molecule has 0 aliphatic heterocycles. The summed E-state index contributed by atoms with van der Waals surface area (Å²) in [5.74, 6) is -0.137. The van der Waals surface area contributed by atoms with Crippen molar-refractivity contribution in [3.05, 3.63) is 38.3 Å². The average Bonchev–Trinajstić information content (AvgIpc) is 2.34. The van der Waals surface area contributed by atoms with Gasteiger partial charge in [0.15, 0.2) is 0 Å². The van der Waals surface area contributed by atoms with Gasteiger partial charge in [0.2, 0.25) is 5.91 Å². The van der Waals surface area contributed by atoms with Crippen molar-refractivity contribution in [2.75, 3.05) is 0 Å².